The van der Waals surface area contributed by atoms with Crippen LogP contribution in [0.1, 0.15) is 19.8 Å². The normalized spacial score (nSPS) is 20.4. The van der Waals surface area contributed by atoms with E-state index in [1.54, 1.807) is 4.90 Å². The Bertz CT molecular complexity index is 296. The van der Waals surface area contributed by atoms with Gasteiger partial charge in [-0.3, -0.25) is 4.79 Å². The number of carboxylic acid groups (broad SMARTS) is 1. The maximum absolute atomic E-state index is 11.9. The van der Waals surface area contributed by atoms with Crippen LogP contribution in [-0.4, -0.2) is 53.1 Å². The van der Waals surface area contributed by atoms with Gasteiger partial charge in [-0.1, -0.05) is 0 Å². The summed E-state index contributed by atoms with van der Waals surface area (Å²) in [5, 5.41) is 8.73. The summed E-state index contributed by atoms with van der Waals surface area (Å²) in [5.74, 6) is -0.474. The molecule has 16 heavy (non-hydrogen) atoms. The van der Waals surface area contributed by atoms with Crippen LogP contribution in [0.2, 0.25) is 0 Å². The molecule has 0 radical (unpaired) electrons. The lowest BCUT2D eigenvalue weighted by molar-refractivity contribution is -0.146. The van der Waals surface area contributed by atoms with Crippen molar-refractivity contribution in [3.05, 3.63) is 0 Å². The van der Waals surface area contributed by atoms with Gasteiger partial charge in [0.1, 0.15) is 0 Å². The first kappa shape index (κ1) is 11.2. The molecule has 0 unspecified atom stereocenters. The second-order valence-corrected chi connectivity index (χ2v) is 4.70. The highest BCUT2D eigenvalue weighted by molar-refractivity contribution is 5.79. The Kier molecular flexibility index (Phi) is 3.03. The molecule has 2 aliphatic rings. The zero-order chi connectivity index (χ0) is 11.7. The van der Waals surface area contributed by atoms with Gasteiger partial charge in [-0.25, -0.2) is 4.79 Å². The maximum atomic E-state index is 11.9. The fourth-order valence-corrected chi connectivity index (χ4v) is 1.95. The summed E-state index contributed by atoms with van der Waals surface area (Å²) in [6.07, 6.45) is 2.45. The quantitative estimate of drug-likeness (QED) is 0.773. The van der Waals surface area contributed by atoms with Crippen LogP contribution < -0.4 is 0 Å². The first-order chi connectivity index (χ1) is 7.61. The number of likely N-dealkylation sites (tertiary alicyclic amines) is 1. The molecule has 1 saturated carbocycles. The van der Waals surface area contributed by atoms with Crippen LogP contribution >= 0.6 is 0 Å². The van der Waals surface area contributed by atoms with Gasteiger partial charge in [0.25, 0.3) is 0 Å². The fourth-order valence-electron chi connectivity index (χ4n) is 1.95. The molecule has 0 atom stereocenters. The van der Waals surface area contributed by atoms with Crippen LogP contribution in [0, 0.1) is 11.8 Å². The molecule has 0 bridgehead atoms. The predicted octanol–water partition coefficient (Wildman–Crippen LogP) is 0.855. The molecule has 1 aliphatic heterocycles. The highest BCUT2D eigenvalue weighted by Crippen LogP contribution is 2.30. The molecular formula is C11H18N2O3. The lowest BCUT2D eigenvalue weighted by Crippen LogP contribution is -2.57. The Morgan fingerprint density at radius 3 is 2.44 bits per heavy atom. The van der Waals surface area contributed by atoms with Crippen LogP contribution in [-0.2, 0) is 4.79 Å². The summed E-state index contributed by atoms with van der Waals surface area (Å²) >= 11 is 0. The summed E-state index contributed by atoms with van der Waals surface area (Å²) in [6, 6.07) is 0.00639. The highest BCUT2D eigenvalue weighted by atomic mass is 16.4. The zero-order valence-electron chi connectivity index (χ0n) is 9.56. The van der Waals surface area contributed by atoms with E-state index in [4.69, 9.17) is 5.11 Å². The van der Waals surface area contributed by atoms with Crippen LogP contribution in [0.3, 0.4) is 0 Å². The van der Waals surface area contributed by atoms with Crippen molar-refractivity contribution in [3.63, 3.8) is 0 Å². The summed E-state index contributed by atoms with van der Waals surface area (Å²) < 4.78 is 0. The van der Waals surface area contributed by atoms with Crippen molar-refractivity contribution in [1.82, 2.24) is 9.80 Å². The molecule has 5 nitrogen and oxygen atoms in total. The number of aliphatic carboxylic acids is 1. The van der Waals surface area contributed by atoms with Crippen molar-refractivity contribution in [2.75, 3.05) is 26.2 Å². The SMILES string of the molecule is CCN(CC1CC1)C(=O)N1CC(C(=O)O)C1. The average molecular weight is 226 g/mol. The number of rotatable bonds is 4. The first-order valence-corrected chi connectivity index (χ1v) is 5.88. The maximum Gasteiger partial charge on any atom is 0.320 e. The minimum Gasteiger partial charge on any atom is -0.481 e. The van der Waals surface area contributed by atoms with Gasteiger partial charge in [0.05, 0.1) is 5.92 Å². The Labute approximate surface area is 95.0 Å². The summed E-state index contributed by atoms with van der Waals surface area (Å²) in [5.41, 5.74) is 0. The molecule has 2 rings (SSSR count). The minimum absolute atomic E-state index is 0.00639. The van der Waals surface area contributed by atoms with E-state index in [1.165, 1.54) is 12.8 Å². The second-order valence-electron chi connectivity index (χ2n) is 4.70. The van der Waals surface area contributed by atoms with E-state index in [9.17, 15) is 9.59 Å². The third kappa shape index (κ3) is 2.28. The number of carbonyl (C=O) groups is 2. The molecule has 1 heterocycles. The fraction of sp³-hybridized carbons (Fsp3) is 0.818. The second kappa shape index (κ2) is 4.31. The van der Waals surface area contributed by atoms with E-state index >= 15 is 0 Å². The summed E-state index contributed by atoms with van der Waals surface area (Å²) in [6.45, 7) is 4.26. The molecule has 0 aromatic carbocycles. The summed E-state index contributed by atoms with van der Waals surface area (Å²) in [4.78, 5) is 26.0. The smallest absolute Gasteiger partial charge is 0.320 e. The molecule has 1 saturated heterocycles. The number of nitrogens with zero attached hydrogens (tertiary/aromatic N) is 2. The Morgan fingerprint density at radius 1 is 1.38 bits per heavy atom. The van der Waals surface area contributed by atoms with E-state index in [0.29, 0.717) is 25.6 Å². The Hall–Kier alpha value is -1.26. The number of hydrogen-bond donors (Lipinski definition) is 1. The molecule has 90 valence electrons. The third-order valence-corrected chi connectivity index (χ3v) is 3.33. The van der Waals surface area contributed by atoms with Crippen LogP contribution in [0.5, 0.6) is 0 Å². The highest BCUT2D eigenvalue weighted by Gasteiger charge is 2.38. The molecule has 0 aromatic heterocycles. The van der Waals surface area contributed by atoms with Crippen molar-refractivity contribution in [3.8, 4) is 0 Å². The topological polar surface area (TPSA) is 60.9 Å². The van der Waals surface area contributed by atoms with E-state index in [1.807, 2.05) is 11.8 Å². The van der Waals surface area contributed by atoms with Crippen LogP contribution in [0.25, 0.3) is 0 Å². The lowest BCUT2D eigenvalue weighted by Gasteiger charge is -2.39. The van der Waals surface area contributed by atoms with Crippen LogP contribution in [0.4, 0.5) is 4.79 Å². The van der Waals surface area contributed by atoms with Crippen molar-refractivity contribution in [2.24, 2.45) is 11.8 Å². The monoisotopic (exact) mass is 226 g/mol. The standard InChI is InChI=1S/C11H18N2O3/c1-2-12(5-8-3-4-8)11(16)13-6-9(7-13)10(14)15/h8-9H,2-7H2,1H3,(H,14,15). The van der Waals surface area contributed by atoms with E-state index in [2.05, 4.69) is 0 Å². The van der Waals surface area contributed by atoms with Crippen molar-refractivity contribution < 1.29 is 14.7 Å². The van der Waals surface area contributed by atoms with Gasteiger partial charge in [0, 0.05) is 26.2 Å². The van der Waals surface area contributed by atoms with Gasteiger partial charge >= 0.3 is 12.0 Å². The molecular weight excluding hydrogens is 208 g/mol. The van der Waals surface area contributed by atoms with Gasteiger partial charge in [-0.15, -0.1) is 0 Å². The van der Waals surface area contributed by atoms with Gasteiger partial charge in [-0.05, 0) is 25.7 Å². The van der Waals surface area contributed by atoms with Crippen molar-refractivity contribution in [2.45, 2.75) is 19.8 Å². The van der Waals surface area contributed by atoms with Gasteiger partial charge in [0.2, 0.25) is 0 Å². The van der Waals surface area contributed by atoms with Gasteiger partial charge in [0.15, 0.2) is 0 Å². The average Bonchev–Trinajstić information content (AvgIpc) is 2.94. The van der Waals surface area contributed by atoms with E-state index in [-0.39, 0.29) is 11.9 Å². The number of carboxylic acids is 1. The molecule has 0 spiro atoms. The molecule has 2 amide bonds. The van der Waals surface area contributed by atoms with Crippen LogP contribution in [0.15, 0.2) is 0 Å². The number of urea groups is 1. The number of hydrogen-bond acceptors (Lipinski definition) is 2. The lowest BCUT2D eigenvalue weighted by atomic mass is 10.0. The third-order valence-electron chi connectivity index (χ3n) is 3.33. The number of amides is 2. The largest absolute Gasteiger partial charge is 0.481 e. The molecule has 5 heteroatoms. The predicted molar refractivity (Wildman–Crippen MR) is 58.1 cm³/mol. The Morgan fingerprint density at radius 2 is 2.00 bits per heavy atom. The van der Waals surface area contributed by atoms with Crippen molar-refractivity contribution >= 4 is 12.0 Å². The van der Waals surface area contributed by atoms with Gasteiger partial charge < -0.3 is 14.9 Å². The first-order valence-electron chi connectivity index (χ1n) is 5.88. The Balaban J connectivity index is 1.80. The molecule has 1 N–H and O–H groups in total. The zero-order valence-corrected chi connectivity index (χ0v) is 9.56. The summed E-state index contributed by atoms with van der Waals surface area (Å²) in [7, 11) is 0. The molecule has 0 aromatic rings. The molecule has 1 aliphatic carbocycles. The van der Waals surface area contributed by atoms with E-state index < -0.39 is 5.97 Å². The minimum atomic E-state index is -0.797. The molecule has 2 fully saturated rings. The van der Waals surface area contributed by atoms with E-state index in [0.717, 1.165) is 6.54 Å². The van der Waals surface area contributed by atoms with Gasteiger partial charge in [-0.2, -0.15) is 0 Å². The van der Waals surface area contributed by atoms with Crippen molar-refractivity contribution in [1.29, 1.82) is 0 Å². The number of carbonyl (C=O) groups excluding carboxylic acids is 1.